The highest BCUT2D eigenvalue weighted by Gasteiger charge is 2.35. The molecule has 1 aliphatic heterocycles. The zero-order chi connectivity index (χ0) is 18.7. The van der Waals surface area contributed by atoms with Gasteiger partial charge < -0.3 is 5.43 Å². The SMILES string of the molecule is CCN(CC)S(=O)(=O)N1CC(c2ccccc2)=C(c2ccc(Cl)cc2)N1. The summed E-state index contributed by atoms with van der Waals surface area (Å²) in [6.07, 6.45) is 0. The Kier molecular flexibility index (Phi) is 5.67. The average molecular weight is 392 g/mol. The molecule has 0 saturated heterocycles. The minimum atomic E-state index is -3.60. The molecule has 0 radical (unpaired) electrons. The van der Waals surface area contributed by atoms with Crippen LogP contribution in [0.2, 0.25) is 5.02 Å². The average Bonchev–Trinajstić information content (AvgIpc) is 3.10. The zero-order valence-electron chi connectivity index (χ0n) is 14.8. The first-order valence-corrected chi connectivity index (χ1v) is 10.3. The lowest BCUT2D eigenvalue weighted by Crippen LogP contribution is -2.47. The third kappa shape index (κ3) is 3.64. The van der Waals surface area contributed by atoms with E-state index in [0.717, 1.165) is 22.4 Å². The standard InChI is InChI=1S/C19H22ClN3O2S/c1-3-22(4-2)26(24,25)23-14-18(15-8-6-5-7-9-15)19(21-23)16-10-12-17(20)13-11-16/h5-13,21H,3-4,14H2,1-2H3. The number of benzene rings is 2. The third-order valence-corrected chi connectivity index (χ3v) is 6.60. The van der Waals surface area contributed by atoms with Crippen LogP contribution in [0.1, 0.15) is 25.0 Å². The molecular weight excluding hydrogens is 370 g/mol. The van der Waals surface area contributed by atoms with E-state index >= 15 is 0 Å². The molecule has 26 heavy (non-hydrogen) atoms. The fourth-order valence-corrected chi connectivity index (χ4v) is 4.57. The van der Waals surface area contributed by atoms with E-state index in [0.29, 0.717) is 18.1 Å². The molecule has 0 aromatic heterocycles. The van der Waals surface area contributed by atoms with Gasteiger partial charge in [-0.15, -0.1) is 0 Å². The van der Waals surface area contributed by atoms with Crippen LogP contribution in [0.3, 0.4) is 0 Å². The van der Waals surface area contributed by atoms with E-state index in [-0.39, 0.29) is 6.54 Å². The molecule has 1 heterocycles. The predicted octanol–water partition coefficient (Wildman–Crippen LogP) is 3.62. The van der Waals surface area contributed by atoms with Gasteiger partial charge in [-0.05, 0) is 23.3 Å². The summed E-state index contributed by atoms with van der Waals surface area (Å²) in [7, 11) is -3.60. The lowest BCUT2D eigenvalue weighted by molar-refractivity contribution is 0.350. The summed E-state index contributed by atoms with van der Waals surface area (Å²) in [6.45, 7) is 4.79. The number of rotatable bonds is 6. The van der Waals surface area contributed by atoms with Gasteiger partial charge in [0.05, 0.1) is 12.2 Å². The second-order valence-electron chi connectivity index (χ2n) is 5.94. The predicted molar refractivity (Wildman–Crippen MR) is 106 cm³/mol. The van der Waals surface area contributed by atoms with Gasteiger partial charge in [-0.1, -0.05) is 72.3 Å². The molecule has 2 aromatic carbocycles. The molecule has 2 aromatic rings. The molecule has 0 aliphatic carbocycles. The quantitative estimate of drug-likeness (QED) is 0.818. The van der Waals surface area contributed by atoms with Crippen molar-refractivity contribution in [3.63, 3.8) is 0 Å². The molecule has 0 fully saturated rings. The van der Waals surface area contributed by atoms with Crippen LogP contribution in [-0.2, 0) is 10.2 Å². The molecule has 0 unspecified atom stereocenters. The van der Waals surface area contributed by atoms with Crippen molar-refractivity contribution in [2.45, 2.75) is 13.8 Å². The molecule has 1 aliphatic rings. The Bertz CT molecular complexity index is 892. The first kappa shape index (κ1) is 18.9. The van der Waals surface area contributed by atoms with Gasteiger partial charge in [0.1, 0.15) is 0 Å². The number of nitrogens with one attached hydrogen (secondary N) is 1. The van der Waals surface area contributed by atoms with Crippen LogP contribution in [0.5, 0.6) is 0 Å². The van der Waals surface area contributed by atoms with Crippen molar-refractivity contribution in [1.82, 2.24) is 14.1 Å². The first-order valence-electron chi connectivity index (χ1n) is 8.56. The smallest absolute Gasteiger partial charge is 0.299 e. The molecule has 0 bridgehead atoms. The minimum absolute atomic E-state index is 0.265. The van der Waals surface area contributed by atoms with Crippen LogP contribution in [0.15, 0.2) is 54.6 Å². The molecule has 7 heteroatoms. The van der Waals surface area contributed by atoms with E-state index < -0.39 is 10.2 Å². The van der Waals surface area contributed by atoms with Crippen molar-refractivity contribution in [2.24, 2.45) is 0 Å². The fraction of sp³-hybridized carbons (Fsp3) is 0.263. The van der Waals surface area contributed by atoms with Crippen molar-refractivity contribution >= 4 is 33.1 Å². The Morgan fingerprint density at radius 3 is 2.19 bits per heavy atom. The highest BCUT2D eigenvalue weighted by Crippen LogP contribution is 2.32. The Labute approximate surface area is 160 Å². The zero-order valence-corrected chi connectivity index (χ0v) is 16.4. The van der Waals surface area contributed by atoms with Crippen molar-refractivity contribution in [3.8, 4) is 0 Å². The Balaban J connectivity index is 2.03. The van der Waals surface area contributed by atoms with Crippen molar-refractivity contribution in [1.29, 1.82) is 0 Å². The largest absolute Gasteiger partial charge is 0.303 e. The van der Waals surface area contributed by atoms with Gasteiger partial charge in [0.2, 0.25) is 0 Å². The van der Waals surface area contributed by atoms with Crippen LogP contribution in [0.25, 0.3) is 11.3 Å². The number of nitrogens with zero attached hydrogens (tertiary/aromatic N) is 2. The highest BCUT2D eigenvalue weighted by molar-refractivity contribution is 7.86. The summed E-state index contributed by atoms with van der Waals surface area (Å²) in [4.78, 5) is 0. The van der Waals surface area contributed by atoms with Gasteiger partial charge in [-0.25, -0.2) is 0 Å². The second-order valence-corrected chi connectivity index (χ2v) is 8.23. The third-order valence-electron chi connectivity index (χ3n) is 4.41. The van der Waals surface area contributed by atoms with Gasteiger partial charge in [0.25, 0.3) is 10.2 Å². The number of hydrazine groups is 1. The fourth-order valence-electron chi connectivity index (χ4n) is 3.01. The molecular formula is C19H22ClN3O2S. The molecule has 0 saturated carbocycles. The monoisotopic (exact) mass is 391 g/mol. The number of halogens is 1. The van der Waals surface area contributed by atoms with Crippen molar-refractivity contribution < 1.29 is 8.42 Å². The van der Waals surface area contributed by atoms with Gasteiger partial charge in [-0.3, -0.25) is 0 Å². The van der Waals surface area contributed by atoms with Gasteiger partial charge in [0, 0.05) is 23.7 Å². The molecule has 3 rings (SSSR count). The Morgan fingerprint density at radius 2 is 1.62 bits per heavy atom. The van der Waals surface area contributed by atoms with Crippen LogP contribution in [-0.4, -0.2) is 36.8 Å². The maximum Gasteiger partial charge on any atom is 0.299 e. The Morgan fingerprint density at radius 1 is 1.00 bits per heavy atom. The topological polar surface area (TPSA) is 52.7 Å². The summed E-state index contributed by atoms with van der Waals surface area (Å²) in [6, 6.07) is 17.2. The lowest BCUT2D eigenvalue weighted by atomic mass is 10.0. The summed E-state index contributed by atoms with van der Waals surface area (Å²) in [5, 5.41) is 0.640. The number of hydrogen-bond acceptors (Lipinski definition) is 3. The molecule has 0 spiro atoms. The number of hydrogen-bond donors (Lipinski definition) is 1. The van der Waals surface area contributed by atoms with Crippen LogP contribution >= 0.6 is 11.6 Å². The molecule has 5 nitrogen and oxygen atoms in total. The highest BCUT2D eigenvalue weighted by atomic mass is 35.5. The summed E-state index contributed by atoms with van der Waals surface area (Å²) < 4.78 is 28.6. The van der Waals surface area contributed by atoms with Crippen LogP contribution < -0.4 is 5.43 Å². The summed E-state index contributed by atoms with van der Waals surface area (Å²) >= 11 is 6.00. The van der Waals surface area contributed by atoms with E-state index in [9.17, 15) is 8.42 Å². The van der Waals surface area contributed by atoms with E-state index in [1.54, 1.807) is 12.1 Å². The van der Waals surface area contributed by atoms with Crippen LogP contribution in [0.4, 0.5) is 0 Å². The molecule has 0 atom stereocenters. The maximum atomic E-state index is 12.9. The van der Waals surface area contributed by atoms with Crippen LogP contribution in [0, 0.1) is 0 Å². The van der Waals surface area contributed by atoms with E-state index in [4.69, 9.17) is 11.6 Å². The van der Waals surface area contributed by atoms with E-state index in [1.807, 2.05) is 56.3 Å². The minimum Gasteiger partial charge on any atom is -0.303 e. The van der Waals surface area contributed by atoms with Crippen molar-refractivity contribution in [3.05, 3.63) is 70.7 Å². The molecule has 138 valence electrons. The van der Waals surface area contributed by atoms with Gasteiger partial charge >= 0.3 is 0 Å². The maximum absolute atomic E-state index is 12.9. The first-order chi connectivity index (χ1) is 12.5. The van der Waals surface area contributed by atoms with Crippen molar-refractivity contribution in [2.75, 3.05) is 19.6 Å². The Hall–Kier alpha value is -1.86. The molecule has 0 amide bonds. The summed E-state index contributed by atoms with van der Waals surface area (Å²) in [5.74, 6) is 0. The van der Waals surface area contributed by atoms with Gasteiger partial charge in [-0.2, -0.15) is 12.7 Å². The van der Waals surface area contributed by atoms with E-state index in [1.165, 1.54) is 8.72 Å². The second kappa shape index (κ2) is 7.80. The van der Waals surface area contributed by atoms with E-state index in [2.05, 4.69) is 5.43 Å². The molecule has 1 N–H and O–H groups in total. The van der Waals surface area contributed by atoms with Gasteiger partial charge in [0.15, 0.2) is 0 Å². The summed E-state index contributed by atoms with van der Waals surface area (Å²) in [5.41, 5.74) is 6.70. The lowest BCUT2D eigenvalue weighted by Gasteiger charge is -2.25. The normalized spacial score (nSPS) is 15.5.